The summed E-state index contributed by atoms with van der Waals surface area (Å²) in [5.41, 5.74) is 2.88. The van der Waals surface area contributed by atoms with Crippen molar-refractivity contribution < 1.29 is 19.1 Å². The first-order chi connectivity index (χ1) is 10.7. The van der Waals surface area contributed by atoms with E-state index in [1.165, 1.54) is 11.3 Å². The van der Waals surface area contributed by atoms with Crippen LogP contribution in [0.25, 0.3) is 0 Å². The van der Waals surface area contributed by atoms with Gasteiger partial charge in [-0.05, 0) is 19.1 Å². The van der Waals surface area contributed by atoms with Gasteiger partial charge < -0.3 is 14.8 Å². The van der Waals surface area contributed by atoms with Crippen LogP contribution < -0.4 is 10.1 Å². The lowest BCUT2D eigenvalue weighted by atomic mass is 10.2. The van der Waals surface area contributed by atoms with Crippen LogP contribution in [0.4, 0.5) is 0 Å². The van der Waals surface area contributed by atoms with Crippen molar-refractivity contribution in [3.8, 4) is 5.75 Å². The van der Waals surface area contributed by atoms with E-state index in [1.807, 2.05) is 5.38 Å². The molecule has 22 heavy (non-hydrogen) atoms. The second-order valence-corrected chi connectivity index (χ2v) is 4.97. The number of esters is 1. The van der Waals surface area contributed by atoms with Gasteiger partial charge in [0.2, 0.25) is 0 Å². The Kier molecular flexibility index (Phi) is 5.91. The molecule has 7 heteroatoms. The van der Waals surface area contributed by atoms with Crippen molar-refractivity contribution in [2.45, 2.75) is 13.5 Å². The molecule has 0 unspecified atom stereocenters. The zero-order valence-electron chi connectivity index (χ0n) is 12.1. The van der Waals surface area contributed by atoms with Crippen molar-refractivity contribution in [2.75, 3.05) is 13.2 Å². The molecule has 0 aliphatic carbocycles. The van der Waals surface area contributed by atoms with Gasteiger partial charge in [-0.1, -0.05) is 12.1 Å². The highest BCUT2D eigenvalue weighted by Gasteiger charge is 2.13. The van der Waals surface area contributed by atoms with Crippen molar-refractivity contribution in [3.63, 3.8) is 0 Å². The molecule has 6 nitrogen and oxygen atoms in total. The Bertz CT molecular complexity index is 628. The first-order valence-corrected chi connectivity index (χ1v) is 7.67. The Morgan fingerprint density at radius 3 is 2.86 bits per heavy atom. The number of carbonyl (C=O) groups excluding carboxylic acids is 2. The number of hydrogen-bond donors (Lipinski definition) is 1. The fourth-order valence-electron chi connectivity index (χ4n) is 1.70. The van der Waals surface area contributed by atoms with E-state index in [-0.39, 0.29) is 25.7 Å². The monoisotopic (exact) mass is 320 g/mol. The summed E-state index contributed by atoms with van der Waals surface area (Å²) in [6.07, 6.45) is 0. The third-order valence-corrected chi connectivity index (χ3v) is 3.32. The molecule has 0 aliphatic heterocycles. The molecule has 2 aromatic rings. The minimum Gasteiger partial charge on any atom is -0.486 e. The molecule has 116 valence electrons. The van der Waals surface area contributed by atoms with Crippen LogP contribution in [-0.4, -0.2) is 30.0 Å². The maximum atomic E-state index is 12.1. The van der Waals surface area contributed by atoms with E-state index in [9.17, 15) is 9.59 Å². The molecule has 0 bridgehead atoms. The van der Waals surface area contributed by atoms with E-state index < -0.39 is 5.97 Å². The Labute approximate surface area is 132 Å². The number of rotatable bonds is 7. The molecule has 1 amide bonds. The maximum Gasteiger partial charge on any atom is 0.325 e. The van der Waals surface area contributed by atoms with Gasteiger partial charge in [0.25, 0.3) is 5.91 Å². The molecule has 2 rings (SSSR count). The van der Waals surface area contributed by atoms with Crippen LogP contribution in [0.1, 0.15) is 23.0 Å². The third kappa shape index (κ3) is 4.56. The van der Waals surface area contributed by atoms with Crippen molar-refractivity contribution in [1.82, 2.24) is 10.3 Å². The molecule has 0 aliphatic rings. The van der Waals surface area contributed by atoms with Crippen molar-refractivity contribution in [2.24, 2.45) is 0 Å². The second kappa shape index (κ2) is 8.14. The number of amides is 1. The Morgan fingerprint density at radius 2 is 2.14 bits per heavy atom. The fraction of sp³-hybridized carbons (Fsp3) is 0.267. The highest BCUT2D eigenvalue weighted by molar-refractivity contribution is 7.07. The molecule has 1 heterocycles. The van der Waals surface area contributed by atoms with Gasteiger partial charge in [0, 0.05) is 5.38 Å². The maximum absolute atomic E-state index is 12.1. The molecule has 1 N–H and O–H groups in total. The van der Waals surface area contributed by atoms with E-state index in [1.54, 1.807) is 36.7 Å². The normalized spacial score (nSPS) is 10.0. The minimum absolute atomic E-state index is 0.174. The number of aromatic nitrogens is 1. The summed E-state index contributed by atoms with van der Waals surface area (Å²) in [6, 6.07) is 6.84. The van der Waals surface area contributed by atoms with Crippen molar-refractivity contribution in [3.05, 3.63) is 46.4 Å². The molecule has 0 saturated carbocycles. The molecule has 1 aromatic carbocycles. The van der Waals surface area contributed by atoms with Crippen LogP contribution in [-0.2, 0) is 16.1 Å². The van der Waals surface area contributed by atoms with Crippen LogP contribution in [0.3, 0.4) is 0 Å². The summed E-state index contributed by atoms with van der Waals surface area (Å²) < 4.78 is 10.4. The predicted octanol–water partition coefficient (Wildman–Crippen LogP) is 2.01. The average molecular weight is 320 g/mol. The molecule has 0 atom stereocenters. The number of para-hydroxylation sites is 1. The van der Waals surface area contributed by atoms with Crippen LogP contribution >= 0.6 is 11.3 Å². The number of carbonyl (C=O) groups is 2. The summed E-state index contributed by atoms with van der Waals surface area (Å²) >= 11 is 1.48. The number of thiazole rings is 1. The summed E-state index contributed by atoms with van der Waals surface area (Å²) in [5.74, 6) is -0.421. The Morgan fingerprint density at radius 1 is 1.32 bits per heavy atom. The van der Waals surface area contributed by atoms with Gasteiger partial charge in [-0.15, -0.1) is 11.3 Å². The lowest BCUT2D eigenvalue weighted by Gasteiger charge is -2.10. The standard InChI is InChI=1S/C15H16N2O4S/c1-2-20-14(18)7-16-15(19)12-5-3-4-6-13(12)21-8-11-9-22-10-17-11/h3-6,9-10H,2,7-8H2,1H3,(H,16,19). The van der Waals surface area contributed by atoms with Crippen molar-refractivity contribution in [1.29, 1.82) is 0 Å². The number of nitrogens with zero attached hydrogens (tertiary/aromatic N) is 1. The summed E-state index contributed by atoms with van der Waals surface area (Å²) in [5, 5.41) is 4.39. The van der Waals surface area contributed by atoms with E-state index >= 15 is 0 Å². The van der Waals surface area contributed by atoms with Gasteiger partial charge >= 0.3 is 5.97 Å². The molecule has 0 radical (unpaired) electrons. The van der Waals surface area contributed by atoms with Crippen LogP contribution in [0.2, 0.25) is 0 Å². The summed E-state index contributed by atoms with van der Waals surface area (Å²) in [4.78, 5) is 27.5. The fourth-order valence-corrected chi connectivity index (χ4v) is 2.24. The lowest BCUT2D eigenvalue weighted by molar-refractivity contribution is -0.141. The number of nitrogens with one attached hydrogen (secondary N) is 1. The van der Waals surface area contributed by atoms with Gasteiger partial charge in [-0.25, -0.2) is 4.98 Å². The van der Waals surface area contributed by atoms with E-state index in [2.05, 4.69) is 10.3 Å². The minimum atomic E-state index is -0.475. The largest absolute Gasteiger partial charge is 0.486 e. The van der Waals surface area contributed by atoms with Gasteiger partial charge in [0.15, 0.2) is 0 Å². The Balaban J connectivity index is 1.97. The highest BCUT2D eigenvalue weighted by Crippen LogP contribution is 2.19. The van der Waals surface area contributed by atoms with Crippen LogP contribution in [0.5, 0.6) is 5.75 Å². The predicted molar refractivity (Wildman–Crippen MR) is 81.9 cm³/mol. The van der Waals surface area contributed by atoms with Crippen LogP contribution in [0, 0.1) is 0 Å². The zero-order valence-corrected chi connectivity index (χ0v) is 12.9. The Hall–Kier alpha value is -2.41. The average Bonchev–Trinajstić information content (AvgIpc) is 3.04. The lowest BCUT2D eigenvalue weighted by Crippen LogP contribution is -2.30. The number of hydrogen-bond acceptors (Lipinski definition) is 6. The molecular formula is C15H16N2O4S. The van der Waals surface area contributed by atoms with Crippen molar-refractivity contribution >= 4 is 23.2 Å². The van der Waals surface area contributed by atoms with E-state index in [0.29, 0.717) is 11.3 Å². The smallest absolute Gasteiger partial charge is 0.325 e. The molecule has 0 saturated heterocycles. The molecule has 0 fully saturated rings. The SMILES string of the molecule is CCOC(=O)CNC(=O)c1ccccc1OCc1cscn1. The molecule has 1 aromatic heterocycles. The van der Waals surface area contributed by atoms with Gasteiger partial charge in [0.1, 0.15) is 18.9 Å². The van der Waals surface area contributed by atoms with E-state index in [0.717, 1.165) is 5.69 Å². The van der Waals surface area contributed by atoms with E-state index in [4.69, 9.17) is 9.47 Å². The zero-order chi connectivity index (χ0) is 15.8. The van der Waals surface area contributed by atoms with Gasteiger partial charge in [-0.2, -0.15) is 0 Å². The third-order valence-electron chi connectivity index (χ3n) is 2.69. The molecule has 0 spiro atoms. The summed E-state index contributed by atoms with van der Waals surface area (Å²) in [7, 11) is 0. The van der Waals surface area contributed by atoms with Crippen LogP contribution in [0.15, 0.2) is 35.2 Å². The highest BCUT2D eigenvalue weighted by atomic mass is 32.1. The first-order valence-electron chi connectivity index (χ1n) is 6.73. The topological polar surface area (TPSA) is 77.5 Å². The molecular weight excluding hydrogens is 304 g/mol. The number of ether oxygens (including phenoxy) is 2. The quantitative estimate of drug-likeness (QED) is 0.790. The van der Waals surface area contributed by atoms with Gasteiger partial charge in [-0.3, -0.25) is 9.59 Å². The van der Waals surface area contributed by atoms with Gasteiger partial charge in [0.05, 0.1) is 23.4 Å². The first kappa shape index (κ1) is 16.0. The number of benzene rings is 1. The second-order valence-electron chi connectivity index (χ2n) is 4.25. The summed E-state index contributed by atoms with van der Waals surface area (Å²) in [6.45, 7) is 2.10.